The van der Waals surface area contributed by atoms with E-state index in [4.69, 9.17) is 0 Å². The van der Waals surface area contributed by atoms with Crippen LogP contribution in [0.25, 0.3) is 0 Å². The lowest BCUT2D eigenvalue weighted by atomic mass is 9.90. The van der Waals surface area contributed by atoms with Gasteiger partial charge in [-0.15, -0.1) is 0 Å². The van der Waals surface area contributed by atoms with E-state index < -0.39 is 12.1 Å². The van der Waals surface area contributed by atoms with Gasteiger partial charge in [-0.25, -0.2) is 0 Å². The molecule has 1 atom stereocenters. The van der Waals surface area contributed by atoms with Crippen LogP contribution in [0.5, 0.6) is 0 Å². The lowest BCUT2D eigenvalue weighted by Crippen LogP contribution is -2.47. The second-order valence-corrected chi connectivity index (χ2v) is 6.06. The number of alkyl halides is 3. The Kier molecular flexibility index (Phi) is 5.46. The number of piperidine rings is 1. The molecule has 1 rings (SSSR count). The largest absolute Gasteiger partial charge is 0.393 e. The summed E-state index contributed by atoms with van der Waals surface area (Å²) in [6.07, 6.45) is -3.10. The Morgan fingerprint density at radius 3 is 2.50 bits per heavy atom. The van der Waals surface area contributed by atoms with Crippen molar-refractivity contribution >= 4 is 0 Å². The van der Waals surface area contributed by atoms with E-state index in [2.05, 4.69) is 19.2 Å². The maximum absolute atomic E-state index is 12.7. The number of hydrogen-bond acceptors (Lipinski definition) is 2. The summed E-state index contributed by atoms with van der Waals surface area (Å²) in [7, 11) is 0. The van der Waals surface area contributed by atoms with E-state index in [1.807, 2.05) is 11.8 Å². The van der Waals surface area contributed by atoms with Crippen molar-refractivity contribution in [2.45, 2.75) is 39.8 Å². The Morgan fingerprint density at radius 1 is 1.28 bits per heavy atom. The van der Waals surface area contributed by atoms with Gasteiger partial charge in [-0.3, -0.25) is 0 Å². The predicted octanol–water partition coefficient (Wildman–Crippen LogP) is 2.90. The molecule has 2 nitrogen and oxygen atoms in total. The zero-order chi connectivity index (χ0) is 13.8. The van der Waals surface area contributed by atoms with E-state index in [9.17, 15) is 13.2 Å². The first-order chi connectivity index (χ1) is 8.24. The van der Waals surface area contributed by atoms with Crippen LogP contribution in [0.2, 0.25) is 0 Å². The van der Waals surface area contributed by atoms with E-state index in [0.717, 1.165) is 26.2 Å². The summed E-state index contributed by atoms with van der Waals surface area (Å²) in [5.41, 5.74) is 0.0174. The van der Waals surface area contributed by atoms with Crippen molar-refractivity contribution in [3.8, 4) is 0 Å². The zero-order valence-electron chi connectivity index (χ0n) is 11.6. The molecular formula is C13H25F3N2. The highest BCUT2D eigenvalue weighted by Gasteiger charge is 2.42. The molecule has 18 heavy (non-hydrogen) atoms. The summed E-state index contributed by atoms with van der Waals surface area (Å²) in [6.45, 7) is 9.68. The second-order valence-electron chi connectivity index (χ2n) is 6.06. The molecule has 0 bridgehead atoms. The van der Waals surface area contributed by atoms with Gasteiger partial charge in [0.25, 0.3) is 0 Å². The number of hydrogen-bond donors (Lipinski definition) is 1. The first-order valence-corrected chi connectivity index (χ1v) is 6.74. The molecule has 0 aromatic rings. The third-order valence-electron chi connectivity index (χ3n) is 3.47. The molecule has 1 aliphatic rings. The minimum absolute atomic E-state index is 0.0174. The molecule has 0 radical (unpaired) electrons. The smallest absolute Gasteiger partial charge is 0.316 e. The van der Waals surface area contributed by atoms with Crippen LogP contribution in [0, 0.1) is 11.3 Å². The predicted molar refractivity (Wildman–Crippen MR) is 67.5 cm³/mol. The second kappa shape index (κ2) is 6.24. The molecule has 0 aliphatic carbocycles. The van der Waals surface area contributed by atoms with Crippen LogP contribution in [0.1, 0.15) is 33.6 Å². The third kappa shape index (κ3) is 5.14. The number of nitrogens with zero attached hydrogens (tertiary/aromatic N) is 1. The van der Waals surface area contributed by atoms with Crippen LogP contribution >= 0.6 is 0 Å². The zero-order valence-corrected chi connectivity index (χ0v) is 11.6. The average molecular weight is 266 g/mol. The van der Waals surface area contributed by atoms with Gasteiger partial charge in [0.1, 0.15) is 0 Å². The van der Waals surface area contributed by atoms with E-state index in [1.165, 1.54) is 0 Å². The summed E-state index contributed by atoms with van der Waals surface area (Å²) < 4.78 is 38.1. The van der Waals surface area contributed by atoms with Crippen LogP contribution in [0.15, 0.2) is 0 Å². The standard InChI is InChI=1S/C13H25F3N2/c1-4-17-9-12(2,3)10-18-7-5-6-11(8-18)13(14,15)16/h11,17H,4-10H2,1-3H3. The van der Waals surface area contributed by atoms with Crippen LogP contribution in [0.3, 0.4) is 0 Å². The van der Waals surface area contributed by atoms with Crippen molar-refractivity contribution in [3.63, 3.8) is 0 Å². The van der Waals surface area contributed by atoms with E-state index in [0.29, 0.717) is 6.42 Å². The third-order valence-corrected chi connectivity index (χ3v) is 3.47. The molecule has 1 aliphatic heterocycles. The summed E-state index contributed by atoms with van der Waals surface area (Å²) in [6, 6.07) is 0. The quantitative estimate of drug-likeness (QED) is 0.823. The lowest BCUT2D eigenvalue weighted by molar-refractivity contribution is -0.187. The molecule has 108 valence electrons. The average Bonchev–Trinajstić information content (AvgIpc) is 2.25. The summed E-state index contributed by atoms with van der Waals surface area (Å²) in [4.78, 5) is 1.97. The summed E-state index contributed by atoms with van der Waals surface area (Å²) in [5.74, 6) is -1.14. The molecule has 1 saturated heterocycles. The maximum atomic E-state index is 12.7. The molecule has 0 spiro atoms. The van der Waals surface area contributed by atoms with Crippen molar-refractivity contribution in [1.29, 1.82) is 0 Å². The van der Waals surface area contributed by atoms with Gasteiger partial charge in [-0.1, -0.05) is 20.8 Å². The van der Waals surface area contributed by atoms with Gasteiger partial charge in [0.15, 0.2) is 0 Å². The van der Waals surface area contributed by atoms with E-state index in [1.54, 1.807) is 0 Å². The molecule has 1 fully saturated rings. The van der Waals surface area contributed by atoms with E-state index in [-0.39, 0.29) is 18.4 Å². The number of nitrogens with one attached hydrogen (secondary N) is 1. The SMILES string of the molecule is CCNCC(C)(C)CN1CCCC(C(F)(F)F)C1. The van der Waals surface area contributed by atoms with Crippen molar-refractivity contribution in [3.05, 3.63) is 0 Å². The minimum atomic E-state index is -4.04. The Hall–Kier alpha value is -0.290. The van der Waals surface area contributed by atoms with Crippen LogP contribution in [0.4, 0.5) is 13.2 Å². The topological polar surface area (TPSA) is 15.3 Å². The van der Waals surface area contributed by atoms with Crippen LogP contribution in [-0.2, 0) is 0 Å². The Labute approximate surface area is 108 Å². The van der Waals surface area contributed by atoms with Crippen LogP contribution in [-0.4, -0.2) is 43.8 Å². The van der Waals surface area contributed by atoms with Gasteiger partial charge < -0.3 is 10.2 Å². The van der Waals surface area contributed by atoms with Crippen molar-refractivity contribution in [2.75, 3.05) is 32.7 Å². The highest BCUT2D eigenvalue weighted by Crippen LogP contribution is 2.33. The molecule has 5 heteroatoms. The molecule has 1 unspecified atom stereocenters. The van der Waals surface area contributed by atoms with Crippen LogP contribution < -0.4 is 5.32 Å². The molecule has 0 aromatic carbocycles. The highest BCUT2D eigenvalue weighted by molar-refractivity contribution is 4.82. The molecule has 1 heterocycles. The van der Waals surface area contributed by atoms with Crippen molar-refractivity contribution in [1.82, 2.24) is 10.2 Å². The molecular weight excluding hydrogens is 241 g/mol. The van der Waals surface area contributed by atoms with Gasteiger partial charge >= 0.3 is 6.18 Å². The molecule has 0 amide bonds. The van der Waals surface area contributed by atoms with Crippen molar-refractivity contribution < 1.29 is 13.2 Å². The normalized spacial score (nSPS) is 23.3. The lowest BCUT2D eigenvalue weighted by Gasteiger charge is -2.38. The monoisotopic (exact) mass is 266 g/mol. The number of rotatable bonds is 5. The fourth-order valence-corrected chi connectivity index (χ4v) is 2.59. The minimum Gasteiger partial charge on any atom is -0.316 e. The maximum Gasteiger partial charge on any atom is 0.393 e. The number of halogens is 3. The number of likely N-dealkylation sites (tertiary alicyclic amines) is 1. The fraction of sp³-hybridized carbons (Fsp3) is 1.00. The molecule has 0 saturated carbocycles. The van der Waals surface area contributed by atoms with Gasteiger partial charge in [-0.2, -0.15) is 13.2 Å². The first kappa shape index (κ1) is 15.8. The Morgan fingerprint density at radius 2 is 1.94 bits per heavy atom. The highest BCUT2D eigenvalue weighted by atomic mass is 19.4. The molecule has 1 N–H and O–H groups in total. The van der Waals surface area contributed by atoms with Gasteiger partial charge in [0, 0.05) is 19.6 Å². The summed E-state index contributed by atoms with van der Waals surface area (Å²) >= 11 is 0. The Balaban J connectivity index is 2.47. The van der Waals surface area contributed by atoms with Gasteiger partial charge in [0.05, 0.1) is 5.92 Å². The van der Waals surface area contributed by atoms with Gasteiger partial charge in [-0.05, 0) is 31.3 Å². The summed E-state index contributed by atoms with van der Waals surface area (Å²) in [5, 5.41) is 3.27. The van der Waals surface area contributed by atoms with Crippen molar-refractivity contribution in [2.24, 2.45) is 11.3 Å². The van der Waals surface area contributed by atoms with Gasteiger partial charge in [0.2, 0.25) is 0 Å². The fourth-order valence-electron chi connectivity index (χ4n) is 2.59. The van der Waals surface area contributed by atoms with E-state index >= 15 is 0 Å². The Bertz CT molecular complexity index is 251. The first-order valence-electron chi connectivity index (χ1n) is 6.74. The molecule has 0 aromatic heterocycles.